The molecule has 4 aromatic carbocycles. The van der Waals surface area contributed by atoms with Crippen LogP contribution >= 0.6 is 27.5 Å². The number of fused-ring (bicyclic) bond motifs is 2. The predicted molar refractivity (Wildman–Crippen MR) is 167 cm³/mol. The van der Waals surface area contributed by atoms with Crippen LogP contribution in [0.2, 0.25) is 5.02 Å². The molecule has 6 rings (SSSR count). The molecule has 214 valence electrons. The zero-order valence-corrected chi connectivity index (χ0v) is 24.7. The number of hydrogen-bond acceptors (Lipinski definition) is 8. The normalized spacial score (nSPS) is 11.4. The number of aromatic nitrogens is 2. The predicted octanol–water partition coefficient (Wildman–Crippen LogP) is 7.60. The third kappa shape index (κ3) is 5.47. The van der Waals surface area contributed by atoms with Gasteiger partial charge in [-0.1, -0.05) is 63.9 Å². The van der Waals surface area contributed by atoms with Crippen LogP contribution in [0.5, 0.6) is 11.5 Å². The summed E-state index contributed by atoms with van der Waals surface area (Å²) >= 11 is 9.61. The highest BCUT2D eigenvalue weighted by molar-refractivity contribution is 9.10. The maximum Gasteiger partial charge on any atom is 0.312 e. The second kappa shape index (κ2) is 11.7. The average molecular weight is 660 g/mol. The Hall–Kier alpha value is -5.00. The molecular formula is C31H20BrClN4O6. The largest absolute Gasteiger partial charge is 0.496 e. The Morgan fingerprint density at radius 1 is 1.07 bits per heavy atom. The Balaban J connectivity index is 1.51. The number of ether oxygens (including phenoxy) is 2. The van der Waals surface area contributed by atoms with E-state index in [0.29, 0.717) is 42.7 Å². The van der Waals surface area contributed by atoms with Gasteiger partial charge in [0.15, 0.2) is 5.76 Å². The van der Waals surface area contributed by atoms with Crippen molar-refractivity contribution in [1.29, 1.82) is 0 Å². The molecule has 6 aromatic rings. The molecule has 0 saturated carbocycles. The molecule has 0 bridgehead atoms. The van der Waals surface area contributed by atoms with Gasteiger partial charge in [-0.3, -0.25) is 14.9 Å². The monoisotopic (exact) mass is 658 g/mol. The van der Waals surface area contributed by atoms with Crippen LogP contribution in [0.25, 0.3) is 33.5 Å². The maximum atomic E-state index is 13.7. The van der Waals surface area contributed by atoms with E-state index in [4.69, 9.17) is 30.5 Å². The summed E-state index contributed by atoms with van der Waals surface area (Å²) < 4.78 is 19.0. The molecule has 0 fully saturated rings. The van der Waals surface area contributed by atoms with Crippen molar-refractivity contribution in [3.63, 3.8) is 0 Å². The summed E-state index contributed by atoms with van der Waals surface area (Å²) in [6.45, 7) is -0.0352. The summed E-state index contributed by atoms with van der Waals surface area (Å²) in [5.41, 5.74) is 1.10. The van der Waals surface area contributed by atoms with Crippen molar-refractivity contribution in [2.75, 3.05) is 7.11 Å². The molecule has 2 heterocycles. The maximum absolute atomic E-state index is 13.7. The number of benzene rings is 4. The van der Waals surface area contributed by atoms with Gasteiger partial charge in [-0.2, -0.15) is 9.78 Å². The molecule has 0 saturated heterocycles. The van der Waals surface area contributed by atoms with Crippen molar-refractivity contribution in [3.05, 3.63) is 126 Å². The van der Waals surface area contributed by atoms with E-state index < -0.39 is 10.5 Å². The van der Waals surface area contributed by atoms with Gasteiger partial charge in [-0.05, 0) is 42.5 Å². The molecule has 0 atom stereocenters. The third-order valence-electron chi connectivity index (χ3n) is 6.62. The third-order valence-corrected chi connectivity index (χ3v) is 7.44. The Morgan fingerprint density at radius 3 is 2.65 bits per heavy atom. The molecule has 2 aromatic heterocycles. The molecule has 0 unspecified atom stereocenters. The van der Waals surface area contributed by atoms with Gasteiger partial charge >= 0.3 is 5.69 Å². The van der Waals surface area contributed by atoms with Crippen LogP contribution in [0.3, 0.4) is 0 Å². The molecule has 0 amide bonds. The fraction of sp³-hybridized carbons (Fsp3) is 0.0645. The fourth-order valence-electron chi connectivity index (χ4n) is 4.59. The highest BCUT2D eigenvalue weighted by atomic mass is 79.9. The van der Waals surface area contributed by atoms with Crippen LogP contribution in [-0.4, -0.2) is 27.9 Å². The van der Waals surface area contributed by atoms with E-state index >= 15 is 0 Å². The summed E-state index contributed by atoms with van der Waals surface area (Å²) in [6, 6.07) is 23.9. The topological polar surface area (TPSA) is 122 Å². The first-order chi connectivity index (χ1) is 20.8. The van der Waals surface area contributed by atoms with Crippen molar-refractivity contribution in [3.8, 4) is 23.1 Å². The lowest BCUT2D eigenvalue weighted by atomic mass is 10.2. The van der Waals surface area contributed by atoms with Crippen LogP contribution < -0.4 is 15.0 Å². The summed E-state index contributed by atoms with van der Waals surface area (Å²) in [6.07, 6.45) is 1.31. The molecule has 0 aliphatic rings. The lowest BCUT2D eigenvalue weighted by molar-refractivity contribution is -0.386. The first-order valence-electron chi connectivity index (χ1n) is 12.8. The second-order valence-electron chi connectivity index (χ2n) is 9.28. The molecule has 0 N–H and O–H groups in total. The molecule has 43 heavy (non-hydrogen) atoms. The zero-order chi connectivity index (χ0) is 30.1. The quantitative estimate of drug-likeness (QED) is 0.0937. The number of methoxy groups -OCH3 is 1. The Bertz CT molecular complexity index is 2120. The van der Waals surface area contributed by atoms with Gasteiger partial charge in [-0.15, -0.1) is 0 Å². The lowest BCUT2D eigenvalue weighted by Crippen LogP contribution is -2.20. The van der Waals surface area contributed by atoms with Crippen molar-refractivity contribution in [1.82, 2.24) is 9.66 Å². The minimum absolute atomic E-state index is 0.0352. The van der Waals surface area contributed by atoms with Crippen LogP contribution in [0.4, 0.5) is 5.69 Å². The Labute approximate surface area is 257 Å². The first kappa shape index (κ1) is 28.1. The number of nitrogens with zero attached hydrogens (tertiary/aromatic N) is 4. The number of nitro groups is 1. The van der Waals surface area contributed by atoms with Crippen LogP contribution in [0, 0.1) is 10.1 Å². The molecule has 0 aliphatic heterocycles. The SMILES string of the molecule is COc1cccc2oc(-c3nc4ccccc4c(=O)n3N=Cc3cc(Br)cc([N+](=O)[O-])c3OCc3ccccc3Cl)cc12. The van der Waals surface area contributed by atoms with E-state index in [1.807, 2.05) is 0 Å². The van der Waals surface area contributed by atoms with E-state index in [1.54, 1.807) is 86.0 Å². The summed E-state index contributed by atoms with van der Waals surface area (Å²) in [7, 11) is 1.55. The van der Waals surface area contributed by atoms with Crippen molar-refractivity contribution in [2.24, 2.45) is 5.10 Å². The molecule has 12 heteroatoms. The van der Waals surface area contributed by atoms with E-state index in [1.165, 1.54) is 12.3 Å². The smallest absolute Gasteiger partial charge is 0.312 e. The number of para-hydroxylation sites is 1. The van der Waals surface area contributed by atoms with E-state index in [9.17, 15) is 14.9 Å². The van der Waals surface area contributed by atoms with Crippen molar-refractivity contribution in [2.45, 2.75) is 6.61 Å². The van der Waals surface area contributed by atoms with Crippen molar-refractivity contribution >= 4 is 61.3 Å². The minimum atomic E-state index is -0.555. The standard InChI is InChI=1S/C31H20BrClN4O6/c1-41-26-11-6-12-27-22(26)15-28(43-27)30-35-24-10-5-3-8-21(24)31(38)36(30)34-16-19-13-20(32)14-25(37(39)40)29(19)42-17-18-7-2-4-9-23(18)33/h2-16H,17H2,1H3. The number of nitro benzene ring substituents is 1. The van der Waals surface area contributed by atoms with Crippen LogP contribution in [-0.2, 0) is 6.61 Å². The molecular weight excluding hydrogens is 640 g/mol. The number of halogens is 2. The van der Waals surface area contributed by atoms with Crippen molar-refractivity contribution < 1.29 is 18.8 Å². The van der Waals surface area contributed by atoms with E-state index in [2.05, 4.69) is 21.0 Å². The highest BCUT2D eigenvalue weighted by Gasteiger charge is 2.22. The van der Waals surface area contributed by atoms with Gasteiger partial charge in [0.25, 0.3) is 5.56 Å². The lowest BCUT2D eigenvalue weighted by Gasteiger charge is -2.12. The Kier molecular flexibility index (Phi) is 7.66. The number of rotatable bonds is 8. The van der Waals surface area contributed by atoms with Gasteiger partial charge < -0.3 is 13.9 Å². The summed E-state index contributed by atoms with van der Waals surface area (Å²) in [5.74, 6) is 0.942. The fourth-order valence-corrected chi connectivity index (χ4v) is 5.24. The number of hydrogen-bond donors (Lipinski definition) is 0. The van der Waals surface area contributed by atoms with Gasteiger partial charge in [0.2, 0.25) is 11.6 Å². The first-order valence-corrected chi connectivity index (χ1v) is 14.0. The number of furan rings is 1. The average Bonchev–Trinajstić information content (AvgIpc) is 3.45. The van der Waals surface area contributed by atoms with Gasteiger partial charge in [0.1, 0.15) is 17.9 Å². The van der Waals surface area contributed by atoms with Crippen LogP contribution in [0.1, 0.15) is 11.1 Å². The van der Waals surface area contributed by atoms with Crippen LogP contribution in [0.15, 0.2) is 104 Å². The highest BCUT2D eigenvalue weighted by Crippen LogP contribution is 2.36. The zero-order valence-electron chi connectivity index (χ0n) is 22.4. The molecule has 0 radical (unpaired) electrons. The Morgan fingerprint density at radius 2 is 1.86 bits per heavy atom. The van der Waals surface area contributed by atoms with Gasteiger partial charge in [0.05, 0.1) is 34.5 Å². The molecule has 0 aliphatic carbocycles. The van der Waals surface area contributed by atoms with Gasteiger partial charge in [-0.25, -0.2) is 4.98 Å². The second-order valence-corrected chi connectivity index (χ2v) is 10.6. The summed E-state index contributed by atoms with van der Waals surface area (Å²) in [5, 5.41) is 17.9. The molecule has 10 nitrogen and oxygen atoms in total. The molecule has 0 spiro atoms. The van der Waals surface area contributed by atoms with E-state index in [0.717, 1.165) is 4.68 Å². The van der Waals surface area contributed by atoms with E-state index in [-0.39, 0.29) is 35.2 Å². The summed E-state index contributed by atoms with van der Waals surface area (Å²) in [4.78, 5) is 29.9. The minimum Gasteiger partial charge on any atom is -0.496 e. The van der Waals surface area contributed by atoms with Gasteiger partial charge in [0, 0.05) is 26.7 Å².